The lowest BCUT2D eigenvalue weighted by molar-refractivity contribution is -0.153. The SMILES string of the molecule is NC(CS)C(=O)NC(CC(=O)O)C(=O)NC(CC(=O)O)C(=O)NC(CC(=O)O)C(=O)N1CCCC1C(=O)N1CCCC1C(=O)O. The smallest absolute Gasteiger partial charge is 0.326 e. The zero-order valence-electron chi connectivity index (χ0n) is 23.9. The lowest BCUT2D eigenvalue weighted by atomic mass is 10.1. The minimum atomic E-state index is -1.97. The highest BCUT2D eigenvalue weighted by atomic mass is 32.1. The summed E-state index contributed by atoms with van der Waals surface area (Å²) in [7, 11) is 0. The second-order valence-corrected chi connectivity index (χ2v) is 10.8. The second kappa shape index (κ2) is 16.6. The van der Waals surface area contributed by atoms with E-state index in [-0.39, 0.29) is 31.7 Å². The summed E-state index contributed by atoms with van der Waals surface area (Å²) in [6.45, 7) is 0.122. The Bertz CT molecular complexity index is 1220. The summed E-state index contributed by atoms with van der Waals surface area (Å²) in [6, 6.07) is -9.08. The van der Waals surface area contributed by atoms with Crippen molar-refractivity contribution in [2.24, 2.45) is 5.73 Å². The van der Waals surface area contributed by atoms with E-state index in [0.717, 1.165) is 9.80 Å². The molecule has 20 heteroatoms. The fourth-order valence-electron chi connectivity index (χ4n) is 5.01. The number of carbonyl (C=O) groups excluding carboxylic acids is 5. The van der Waals surface area contributed by atoms with Crippen molar-refractivity contribution in [3.8, 4) is 0 Å². The maximum atomic E-state index is 13.5. The Morgan fingerprint density at radius 3 is 1.56 bits per heavy atom. The van der Waals surface area contributed by atoms with E-state index in [1.165, 1.54) is 0 Å². The molecule has 2 rings (SSSR count). The van der Waals surface area contributed by atoms with E-state index in [1.54, 1.807) is 0 Å². The summed E-state index contributed by atoms with van der Waals surface area (Å²) in [5.74, 6) is -11.3. The van der Waals surface area contributed by atoms with Crippen LogP contribution in [0.5, 0.6) is 0 Å². The molecule has 2 aliphatic heterocycles. The number of aliphatic carboxylic acids is 4. The zero-order chi connectivity index (χ0) is 34.0. The van der Waals surface area contributed by atoms with Crippen LogP contribution < -0.4 is 21.7 Å². The first-order valence-corrected chi connectivity index (χ1v) is 14.5. The van der Waals surface area contributed by atoms with Crippen LogP contribution in [-0.2, 0) is 43.2 Å². The molecule has 6 unspecified atom stereocenters. The van der Waals surface area contributed by atoms with Crippen molar-refractivity contribution in [1.82, 2.24) is 25.8 Å². The molecular weight excluding hydrogens is 624 g/mol. The van der Waals surface area contributed by atoms with Crippen molar-refractivity contribution in [2.75, 3.05) is 18.8 Å². The van der Waals surface area contributed by atoms with Gasteiger partial charge in [-0.1, -0.05) is 0 Å². The first-order valence-electron chi connectivity index (χ1n) is 13.8. The van der Waals surface area contributed by atoms with Gasteiger partial charge in [-0.25, -0.2) is 4.79 Å². The van der Waals surface area contributed by atoms with Crippen LogP contribution in [0.1, 0.15) is 44.9 Å². The molecule has 0 aromatic rings. The summed E-state index contributed by atoms with van der Waals surface area (Å²) in [5, 5.41) is 43.5. The average Bonchev–Trinajstić information content (AvgIpc) is 3.64. The normalized spacial score (nSPS) is 20.3. The molecule has 5 amide bonds. The molecule has 0 aliphatic carbocycles. The standard InChI is InChI=1S/C25H36N6O13S/c26-11(10-45)20(38)27-12(7-17(32)33)21(39)28-13(8-18(34)35)22(40)29-14(9-19(36)37)23(41)30-5-1-3-15(30)24(42)31-6-2-4-16(31)25(43)44/h11-16,45H,1-10,26H2,(H,27,38)(H,28,39)(H,29,40)(H,32,33)(H,34,35)(H,36,37)(H,43,44). The highest BCUT2D eigenvalue weighted by molar-refractivity contribution is 7.80. The van der Waals surface area contributed by atoms with Crippen molar-refractivity contribution >= 4 is 66.0 Å². The summed E-state index contributed by atoms with van der Waals surface area (Å²) >= 11 is 3.84. The third-order valence-corrected chi connectivity index (χ3v) is 7.59. The monoisotopic (exact) mass is 660 g/mol. The molecule has 45 heavy (non-hydrogen) atoms. The highest BCUT2D eigenvalue weighted by Crippen LogP contribution is 2.26. The Balaban J connectivity index is 2.26. The first kappa shape index (κ1) is 36.7. The van der Waals surface area contributed by atoms with E-state index < -0.39 is 109 Å². The van der Waals surface area contributed by atoms with Crippen LogP contribution in [0.25, 0.3) is 0 Å². The molecular formula is C25H36N6O13S. The van der Waals surface area contributed by atoms with Gasteiger partial charge in [-0.15, -0.1) is 0 Å². The van der Waals surface area contributed by atoms with Crippen molar-refractivity contribution in [2.45, 2.75) is 81.2 Å². The van der Waals surface area contributed by atoms with Crippen LogP contribution in [0, 0.1) is 0 Å². The Morgan fingerprint density at radius 1 is 0.667 bits per heavy atom. The fourth-order valence-corrected chi connectivity index (χ4v) is 5.18. The van der Waals surface area contributed by atoms with Crippen molar-refractivity contribution in [3.63, 3.8) is 0 Å². The number of likely N-dealkylation sites (tertiary alicyclic amines) is 2. The summed E-state index contributed by atoms with van der Waals surface area (Å²) in [6.07, 6.45) is -1.98. The molecule has 0 aromatic carbocycles. The van der Waals surface area contributed by atoms with Crippen LogP contribution in [-0.4, -0.2) is 139 Å². The predicted molar refractivity (Wildman–Crippen MR) is 151 cm³/mol. The maximum Gasteiger partial charge on any atom is 0.326 e. The van der Waals surface area contributed by atoms with Gasteiger partial charge in [0.2, 0.25) is 29.5 Å². The summed E-state index contributed by atoms with van der Waals surface area (Å²) < 4.78 is 0. The highest BCUT2D eigenvalue weighted by Gasteiger charge is 2.44. The Kier molecular flexibility index (Phi) is 13.5. The number of nitrogens with two attached hydrogens (primary N) is 1. The molecule has 0 bridgehead atoms. The van der Waals surface area contributed by atoms with Crippen molar-refractivity contribution in [1.29, 1.82) is 0 Å². The lowest BCUT2D eigenvalue weighted by Gasteiger charge is -2.32. The van der Waals surface area contributed by atoms with Crippen LogP contribution in [0.2, 0.25) is 0 Å². The van der Waals surface area contributed by atoms with Gasteiger partial charge in [0, 0.05) is 18.8 Å². The Labute approximate surface area is 261 Å². The number of nitrogens with zero attached hydrogens (tertiary/aromatic N) is 2. The molecule has 2 fully saturated rings. The number of amides is 5. The third-order valence-electron chi connectivity index (χ3n) is 7.19. The van der Waals surface area contributed by atoms with Crippen LogP contribution in [0.3, 0.4) is 0 Å². The van der Waals surface area contributed by atoms with E-state index in [0.29, 0.717) is 12.8 Å². The van der Waals surface area contributed by atoms with Gasteiger partial charge in [0.05, 0.1) is 25.3 Å². The minimum absolute atomic E-state index is 0.0207. The van der Waals surface area contributed by atoms with E-state index >= 15 is 0 Å². The number of hydrogen-bond acceptors (Lipinski definition) is 11. The van der Waals surface area contributed by atoms with Gasteiger partial charge >= 0.3 is 23.9 Å². The van der Waals surface area contributed by atoms with Crippen molar-refractivity contribution in [3.05, 3.63) is 0 Å². The predicted octanol–water partition coefficient (Wildman–Crippen LogP) is -3.81. The number of carboxylic acid groups (broad SMARTS) is 4. The van der Waals surface area contributed by atoms with Gasteiger partial charge < -0.3 is 51.9 Å². The van der Waals surface area contributed by atoms with Gasteiger partial charge in [0.1, 0.15) is 30.2 Å². The molecule has 250 valence electrons. The van der Waals surface area contributed by atoms with Gasteiger partial charge in [-0.2, -0.15) is 12.6 Å². The molecule has 2 heterocycles. The number of nitrogens with one attached hydrogen (secondary N) is 3. The van der Waals surface area contributed by atoms with Gasteiger partial charge in [0.25, 0.3) is 0 Å². The third kappa shape index (κ3) is 10.3. The molecule has 19 nitrogen and oxygen atoms in total. The number of carbonyl (C=O) groups is 9. The van der Waals surface area contributed by atoms with E-state index in [2.05, 4.69) is 23.3 Å². The fraction of sp³-hybridized carbons (Fsp3) is 0.640. The number of rotatable bonds is 16. The first-order chi connectivity index (χ1) is 21.1. The molecule has 0 saturated carbocycles. The Morgan fingerprint density at radius 2 is 1.09 bits per heavy atom. The molecule has 6 atom stereocenters. The molecule has 9 N–H and O–H groups in total. The van der Waals surface area contributed by atoms with Gasteiger partial charge in [-0.3, -0.25) is 38.4 Å². The lowest BCUT2D eigenvalue weighted by Crippen LogP contribution is -2.60. The van der Waals surface area contributed by atoms with Crippen LogP contribution in [0.15, 0.2) is 0 Å². The molecule has 2 aliphatic rings. The molecule has 0 spiro atoms. The minimum Gasteiger partial charge on any atom is -0.481 e. The van der Waals surface area contributed by atoms with Crippen LogP contribution >= 0.6 is 12.6 Å². The van der Waals surface area contributed by atoms with Gasteiger partial charge in [-0.05, 0) is 25.7 Å². The Hall–Kier alpha value is -4.46. The maximum absolute atomic E-state index is 13.5. The largest absolute Gasteiger partial charge is 0.481 e. The number of carboxylic acids is 4. The molecule has 0 aromatic heterocycles. The van der Waals surface area contributed by atoms with E-state index in [4.69, 9.17) is 10.8 Å². The molecule has 0 radical (unpaired) electrons. The number of thiol groups is 1. The average molecular weight is 661 g/mol. The second-order valence-electron chi connectivity index (χ2n) is 10.5. The summed E-state index contributed by atoms with van der Waals surface area (Å²) in [4.78, 5) is 113. The topological polar surface area (TPSA) is 303 Å². The van der Waals surface area contributed by atoms with Crippen molar-refractivity contribution < 1.29 is 63.6 Å². The van der Waals surface area contributed by atoms with E-state index in [1.807, 2.05) is 5.32 Å². The molecule has 2 saturated heterocycles. The van der Waals surface area contributed by atoms with Crippen LogP contribution in [0.4, 0.5) is 0 Å². The number of hydrogen-bond donors (Lipinski definition) is 9. The van der Waals surface area contributed by atoms with Gasteiger partial charge in [0.15, 0.2) is 0 Å². The summed E-state index contributed by atoms with van der Waals surface area (Å²) in [5.41, 5.74) is 5.53. The quantitative estimate of drug-likeness (QED) is 0.0717. The zero-order valence-corrected chi connectivity index (χ0v) is 24.8. The van der Waals surface area contributed by atoms with E-state index in [9.17, 15) is 58.5 Å².